The molecule has 0 bridgehead atoms. The van der Waals surface area contributed by atoms with Gasteiger partial charge in [0, 0.05) is 71.8 Å². The van der Waals surface area contributed by atoms with Crippen LogP contribution in [-0.4, -0.2) is 51.8 Å². The van der Waals surface area contributed by atoms with Crippen LogP contribution in [0.5, 0.6) is 5.75 Å². The maximum absolute atomic E-state index is 13.4. The molecule has 0 radical (unpaired) electrons. The predicted octanol–water partition coefficient (Wildman–Crippen LogP) is 5.83. The molecule has 0 saturated carbocycles. The van der Waals surface area contributed by atoms with Crippen molar-refractivity contribution in [1.82, 2.24) is 14.8 Å². The number of rotatable bonds is 5. The van der Waals surface area contributed by atoms with Gasteiger partial charge in [0.1, 0.15) is 17.4 Å². The maximum Gasteiger partial charge on any atom is 0.416 e. The van der Waals surface area contributed by atoms with Crippen LogP contribution < -0.4 is 5.56 Å². The van der Waals surface area contributed by atoms with Crippen LogP contribution in [-0.2, 0) is 22.3 Å². The van der Waals surface area contributed by atoms with Crippen LogP contribution in [0.2, 0.25) is 10.0 Å². The van der Waals surface area contributed by atoms with Gasteiger partial charge >= 0.3 is 6.18 Å². The zero-order valence-corrected chi connectivity index (χ0v) is 24.0. The van der Waals surface area contributed by atoms with Crippen LogP contribution in [0.3, 0.4) is 0 Å². The molecule has 1 saturated heterocycles. The zero-order valence-electron chi connectivity index (χ0n) is 22.5. The highest BCUT2D eigenvalue weighted by molar-refractivity contribution is 6.33. The third-order valence-corrected chi connectivity index (χ3v) is 7.79. The van der Waals surface area contributed by atoms with Crippen molar-refractivity contribution in [3.05, 3.63) is 73.5 Å². The fourth-order valence-electron chi connectivity index (χ4n) is 5.00. The lowest BCUT2D eigenvalue weighted by Crippen LogP contribution is -2.42. The second-order valence-corrected chi connectivity index (χ2v) is 10.9. The van der Waals surface area contributed by atoms with Crippen LogP contribution in [0, 0.1) is 17.2 Å². The molecule has 2 N–H and O–H groups in total. The fourth-order valence-corrected chi connectivity index (χ4v) is 5.46. The van der Waals surface area contributed by atoms with Crippen molar-refractivity contribution in [2.45, 2.75) is 32.5 Å². The van der Waals surface area contributed by atoms with Gasteiger partial charge in [-0.3, -0.25) is 14.4 Å². The van der Waals surface area contributed by atoms with E-state index in [1.165, 1.54) is 30.0 Å². The molecule has 220 valence electrons. The highest BCUT2D eigenvalue weighted by Crippen LogP contribution is 2.40. The molecule has 1 aromatic heterocycles. The topological polar surface area (TPSA) is 117 Å². The number of H-pyrrole nitrogens is 1. The van der Waals surface area contributed by atoms with Gasteiger partial charge in [-0.1, -0.05) is 23.2 Å². The number of nitrogens with one attached hydrogen (secondary N) is 1. The minimum Gasteiger partial charge on any atom is -0.507 e. The highest BCUT2D eigenvalue weighted by Gasteiger charge is 2.32. The Hall–Kier alpha value is -4.01. The van der Waals surface area contributed by atoms with E-state index in [-0.39, 0.29) is 68.0 Å². The summed E-state index contributed by atoms with van der Waals surface area (Å²) in [6.45, 7) is 2.37. The van der Waals surface area contributed by atoms with Crippen molar-refractivity contribution in [1.29, 1.82) is 5.26 Å². The number of aromatic amines is 1. The number of hydrogen-bond donors (Lipinski definition) is 2. The normalized spacial score (nSPS) is 14.0. The number of carbonyl (C=O) groups is 2. The number of likely N-dealkylation sites (tertiary alicyclic amines) is 1. The van der Waals surface area contributed by atoms with E-state index in [0.717, 1.165) is 18.2 Å². The van der Waals surface area contributed by atoms with Gasteiger partial charge in [-0.2, -0.15) is 18.4 Å². The third kappa shape index (κ3) is 6.40. The Morgan fingerprint density at radius 2 is 1.79 bits per heavy atom. The lowest BCUT2D eigenvalue weighted by molar-refractivity contribution is -0.139. The van der Waals surface area contributed by atoms with Gasteiger partial charge in [0.15, 0.2) is 0 Å². The Labute approximate surface area is 248 Å². The summed E-state index contributed by atoms with van der Waals surface area (Å²) in [7, 11) is 1.57. The van der Waals surface area contributed by atoms with Crippen LogP contribution in [0.25, 0.3) is 22.4 Å². The monoisotopic (exact) mass is 620 g/mol. The molecular weight excluding hydrogens is 596 g/mol. The molecule has 4 rings (SSSR count). The van der Waals surface area contributed by atoms with Gasteiger partial charge in [-0.15, -0.1) is 0 Å². The number of nitrogens with zero attached hydrogens (tertiary/aromatic N) is 3. The fraction of sp³-hybridized carbons (Fsp3) is 0.310. The molecule has 0 unspecified atom stereocenters. The lowest BCUT2D eigenvalue weighted by Gasteiger charge is -2.32. The van der Waals surface area contributed by atoms with Crippen molar-refractivity contribution >= 4 is 35.0 Å². The first-order chi connectivity index (χ1) is 19.7. The molecule has 1 fully saturated rings. The third-order valence-electron chi connectivity index (χ3n) is 7.25. The van der Waals surface area contributed by atoms with Crippen molar-refractivity contribution < 1.29 is 27.9 Å². The SMILES string of the molecule is CC(=O)N1CCC(C(=O)N(C)Cc2cc(Cl)cc(-c3cc(-c4cc(C(F)(F)F)ccc4Cl)c(C#N)c(=O)[nH]3)c2O)CC1. The summed E-state index contributed by atoms with van der Waals surface area (Å²) >= 11 is 12.5. The number of aromatic hydroxyl groups is 1. The Kier molecular flexibility index (Phi) is 8.89. The number of hydrogen-bond acceptors (Lipinski definition) is 5. The number of amides is 2. The van der Waals surface area contributed by atoms with Crippen LogP contribution in [0.15, 0.2) is 41.2 Å². The Bertz CT molecular complexity index is 1660. The summed E-state index contributed by atoms with van der Waals surface area (Å²) in [5.74, 6) is -0.856. The van der Waals surface area contributed by atoms with Crippen LogP contribution >= 0.6 is 23.2 Å². The summed E-state index contributed by atoms with van der Waals surface area (Å²) in [6.07, 6.45) is -3.70. The molecule has 3 aromatic rings. The first-order valence-electron chi connectivity index (χ1n) is 12.8. The van der Waals surface area contributed by atoms with E-state index in [9.17, 15) is 37.9 Å². The Morgan fingerprint density at radius 3 is 2.38 bits per heavy atom. The molecule has 42 heavy (non-hydrogen) atoms. The molecular formula is C29H25Cl2F3N4O4. The first-order valence-corrected chi connectivity index (χ1v) is 13.5. The first kappa shape index (κ1) is 30.9. The van der Waals surface area contributed by atoms with Crippen LogP contribution in [0.4, 0.5) is 13.2 Å². The highest BCUT2D eigenvalue weighted by atomic mass is 35.5. The van der Waals surface area contributed by atoms with Gasteiger partial charge in [-0.05, 0) is 49.2 Å². The number of nitriles is 1. The average molecular weight is 621 g/mol. The number of benzene rings is 2. The largest absolute Gasteiger partial charge is 0.507 e. The molecule has 2 aromatic carbocycles. The molecule has 8 nitrogen and oxygen atoms in total. The number of piperidine rings is 1. The summed E-state index contributed by atoms with van der Waals surface area (Å²) in [5.41, 5.74) is -2.53. The molecule has 0 spiro atoms. The van der Waals surface area contributed by atoms with E-state index in [1.54, 1.807) is 18.0 Å². The predicted molar refractivity (Wildman–Crippen MR) is 151 cm³/mol. The van der Waals surface area contributed by atoms with E-state index in [2.05, 4.69) is 4.98 Å². The number of halogens is 5. The second-order valence-electron chi connectivity index (χ2n) is 10.0. The van der Waals surface area contributed by atoms with Gasteiger partial charge in [0.05, 0.1) is 11.3 Å². The van der Waals surface area contributed by atoms with Crippen LogP contribution in [0.1, 0.15) is 36.5 Å². The van der Waals surface area contributed by atoms with Gasteiger partial charge in [-0.25, -0.2) is 0 Å². The molecule has 2 amide bonds. The standard InChI is InChI=1S/C29H25Cl2F3N4O4/c1-15(39)38-7-5-16(6-8-38)28(42)37(2)14-17-9-19(30)11-22(26(17)40)25-12-20(23(13-35)27(41)36-25)21-10-18(29(32,33)34)3-4-24(21)31/h3-4,9-12,16,40H,5-8,14H2,1-2H3,(H,36,41). The molecule has 1 aliphatic heterocycles. The zero-order chi connectivity index (χ0) is 30.9. The summed E-state index contributed by atoms with van der Waals surface area (Å²) < 4.78 is 40.3. The minimum atomic E-state index is -4.70. The number of pyridine rings is 1. The summed E-state index contributed by atoms with van der Waals surface area (Å²) in [6, 6.07) is 8.29. The Balaban J connectivity index is 1.71. The molecule has 0 atom stereocenters. The second kappa shape index (κ2) is 12.1. The summed E-state index contributed by atoms with van der Waals surface area (Å²) in [5, 5.41) is 20.8. The number of phenolic OH excluding ortho intramolecular Hbond substituents is 1. The smallest absolute Gasteiger partial charge is 0.416 e. The van der Waals surface area contributed by atoms with Crippen molar-refractivity contribution in [3.63, 3.8) is 0 Å². The van der Waals surface area contributed by atoms with Gasteiger partial charge in [0.25, 0.3) is 5.56 Å². The average Bonchev–Trinajstić information content (AvgIpc) is 2.93. The maximum atomic E-state index is 13.4. The lowest BCUT2D eigenvalue weighted by atomic mass is 9.94. The van der Waals surface area contributed by atoms with E-state index >= 15 is 0 Å². The minimum absolute atomic E-state index is 0.0269. The number of alkyl halides is 3. The van der Waals surface area contributed by atoms with E-state index < -0.39 is 22.9 Å². The van der Waals surface area contributed by atoms with Crippen molar-refractivity contribution in [2.75, 3.05) is 20.1 Å². The number of carbonyl (C=O) groups excluding carboxylic acids is 2. The summed E-state index contributed by atoms with van der Waals surface area (Å²) in [4.78, 5) is 43.2. The quantitative estimate of drug-likeness (QED) is 0.372. The molecule has 0 aliphatic carbocycles. The van der Waals surface area contributed by atoms with E-state index in [0.29, 0.717) is 25.9 Å². The molecule has 2 heterocycles. The Morgan fingerprint density at radius 1 is 1.12 bits per heavy atom. The van der Waals surface area contributed by atoms with Gasteiger partial charge < -0.3 is 19.9 Å². The van der Waals surface area contributed by atoms with Gasteiger partial charge in [0.2, 0.25) is 11.8 Å². The van der Waals surface area contributed by atoms with Crippen molar-refractivity contribution in [2.24, 2.45) is 5.92 Å². The molecule has 13 heteroatoms. The molecule has 1 aliphatic rings. The van der Waals surface area contributed by atoms with E-state index in [4.69, 9.17) is 23.2 Å². The number of aromatic nitrogens is 1. The van der Waals surface area contributed by atoms with E-state index in [1.807, 2.05) is 0 Å². The number of phenols is 1. The van der Waals surface area contributed by atoms with Crippen molar-refractivity contribution in [3.8, 4) is 34.2 Å².